The third-order valence-corrected chi connectivity index (χ3v) is 2.23. The van der Waals surface area contributed by atoms with Gasteiger partial charge < -0.3 is 14.6 Å². The highest BCUT2D eigenvalue weighted by molar-refractivity contribution is 5.78. The van der Waals surface area contributed by atoms with Crippen molar-refractivity contribution in [3.05, 3.63) is 36.1 Å². The third kappa shape index (κ3) is 1.99. The molecule has 4 nitrogen and oxygen atoms in total. The maximum absolute atomic E-state index is 10.4. The van der Waals surface area contributed by atoms with Gasteiger partial charge in [0.05, 0.1) is 18.8 Å². The summed E-state index contributed by atoms with van der Waals surface area (Å²) in [6.45, 7) is 0. The smallest absolute Gasteiger partial charge is 0.306 e. The molecule has 2 rings (SSSR count). The fraction of sp³-hybridized carbons (Fsp3) is 0.182. The number of hydrogen-bond acceptors (Lipinski definition) is 3. The summed E-state index contributed by atoms with van der Waals surface area (Å²) in [5.74, 6) is -1.02. The lowest BCUT2D eigenvalue weighted by Gasteiger charge is -2.07. The Bertz CT molecular complexity index is 486. The van der Waals surface area contributed by atoms with Crippen molar-refractivity contribution >= 4 is 16.9 Å². The number of carboxylic acids is 1. The van der Waals surface area contributed by atoms with Crippen molar-refractivity contribution in [2.24, 2.45) is 0 Å². The molecule has 15 heavy (non-hydrogen) atoms. The predicted molar refractivity (Wildman–Crippen MR) is 53.4 cm³/mol. The summed E-state index contributed by atoms with van der Waals surface area (Å²) in [6, 6.07) is 6.88. The molecule has 4 heteroatoms. The molecule has 1 heterocycles. The Morgan fingerprint density at radius 2 is 2.20 bits per heavy atom. The van der Waals surface area contributed by atoms with E-state index in [1.807, 2.05) is 0 Å². The zero-order valence-corrected chi connectivity index (χ0v) is 7.88. The first-order valence-electron chi connectivity index (χ1n) is 4.54. The number of aliphatic hydroxyl groups is 1. The lowest BCUT2D eigenvalue weighted by Crippen LogP contribution is -2.05. The number of carboxylic acid groups (broad SMARTS) is 1. The molecule has 1 aromatic carbocycles. The van der Waals surface area contributed by atoms with Gasteiger partial charge in [-0.2, -0.15) is 0 Å². The summed E-state index contributed by atoms with van der Waals surface area (Å²) in [5.41, 5.74) is 1.31. The quantitative estimate of drug-likeness (QED) is 0.805. The van der Waals surface area contributed by atoms with Crippen molar-refractivity contribution in [2.45, 2.75) is 12.5 Å². The number of rotatable bonds is 3. The molecule has 2 aromatic rings. The second kappa shape index (κ2) is 3.74. The van der Waals surface area contributed by atoms with Gasteiger partial charge in [0.2, 0.25) is 0 Å². The second-order valence-electron chi connectivity index (χ2n) is 3.33. The first-order chi connectivity index (χ1) is 7.16. The average molecular weight is 206 g/mol. The van der Waals surface area contributed by atoms with E-state index >= 15 is 0 Å². The molecule has 0 fully saturated rings. The van der Waals surface area contributed by atoms with Gasteiger partial charge in [0.15, 0.2) is 0 Å². The van der Waals surface area contributed by atoms with Gasteiger partial charge in [0, 0.05) is 5.39 Å². The molecule has 1 atom stereocenters. The van der Waals surface area contributed by atoms with Crippen LogP contribution in [-0.4, -0.2) is 16.2 Å². The molecule has 0 unspecified atom stereocenters. The van der Waals surface area contributed by atoms with E-state index in [1.54, 1.807) is 30.5 Å². The van der Waals surface area contributed by atoms with E-state index in [0.29, 0.717) is 5.56 Å². The predicted octanol–water partition coefficient (Wildman–Crippen LogP) is 1.94. The molecule has 78 valence electrons. The zero-order chi connectivity index (χ0) is 10.8. The zero-order valence-electron chi connectivity index (χ0n) is 7.88. The van der Waals surface area contributed by atoms with Crippen LogP contribution in [0, 0.1) is 0 Å². The Labute approximate surface area is 85.8 Å². The van der Waals surface area contributed by atoms with E-state index in [0.717, 1.165) is 11.0 Å². The van der Waals surface area contributed by atoms with Crippen LogP contribution in [0.25, 0.3) is 11.0 Å². The third-order valence-electron chi connectivity index (χ3n) is 2.23. The number of aliphatic carboxylic acids is 1. The molecule has 0 bridgehead atoms. The van der Waals surface area contributed by atoms with Crippen molar-refractivity contribution < 1.29 is 19.4 Å². The molecule has 0 radical (unpaired) electrons. The summed E-state index contributed by atoms with van der Waals surface area (Å²) in [7, 11) is 0. The lowest BCUT2D eigenvalue weighted by atomic mass is 10.1. The first kappa shape index (κ1) is 9.73. The lowest BCUT2D eigenvalue weighted by molar-refractivity contribution is -0.139. The minimum atomic E-state index is -1.02. The summed E-state index contributed by atoms with van der Waals surface area (Å²) >= 11 is 0. The summed E-state index contributed by atoms with van der Waals surface area (Å²) < 4.78 is 5.14. The monoisotopic (exact) mass is 206 g/mol. The van der Waals surface area contributed by atoms with E-state index < -0.39 is 12.1 Å². The van der Waals surface area contributed by atoms with E-state index in [-0.39, 0.29) is 6.42 Å². The van der Waals surface area contributed by atoms with Gasteiger partial charge in [0.25, 0.3) is 0 Å². The van der Waals surface area contributed by atoms with Gasteiger partial charge in [-0.1, -0.05) is 6.07 Å². The number of benzene rings is 1. The van der Waals surface area contributed by atoms with Gasteiger partial charge in [-0.25, -0.2) is 0 Å². The molecule has 1 aromatic heterocycles. The number of aliphatic hydroxyl groups excluding tert-OH is 1. The standard InChI is InChI=1S/C11H10O4/c12-9(6-11(13)14)7-1-2-10-8(5-7)3-4-15-10/h1-5,9,12H,6H2,(H,13,14)/t9-/m1/s1. The van der Waals surface area contributed by atoms with Crippen molar-refractivity contribution in [1.29, 1.82) is 0 Å². The van der Waals surface area contributed by atoms with Crippen LogP contribution in [0.3, 0.4) is 0 Å². The molecule has 0 saturated carbocycles. The molecular weight excluding hydrogens is 196 g/mol. The number of carbonyl (C=O) groups is 1. The maximum Gasteiger partial charge on any atom is 0.306 e. The van der Waals surface area contributed by atoms with Crippen molar-refractivity contribution in [3.63, 3.8) is 0 Å². The topological polar surface area (TPSA) is 70.7 Å². The summed E-state index contributed by atoms with van der Waals surface area (Å²) in [6.07, 6.45) is 0.295. The van der Waals surface area contributed by atoms with Crippen LogP contribution in [0.15, 0.2) is 34.9 Å². The fourth-order valence-corrected chi connectivity index (χ4v) is 1.48. The van der Waals surface area contributed by atoms with Crippen molar-refractivity contribution in [1.82, 2.24) is 0 Å². The van der Waals surface area contributed by atoms with Crippen LogP contribution in [0.1, 0.15) is 18.1 Å². The Morgan fingerprint density at radius 3 is 2.93 bits per heavy atom. The highest BCUT2D eigenvalue weighted by Gasteiger charge is 2.12. The van der Waals surface area contributed by atoms with Crippen molar-refractivity contribution in [2.75, 3.05) is 0 Å². The van der Waals surface area contributed by atoms with Gasteiger partial charge in [-0.15, -0.1) is 0 Å². The summed E-state index contributed by atoms with van der Waals surface area (Å²) in [4.78, 5) is 10.4. The number of fused-ring (bicyclic) bond motifs is 1. The number of furan rings is 1. The van der Waals surface area contributed by atoms with Crippen LogP contribution in [0.2, 0.25) is 0 Å². The Balaban J connectivity index is 2.30. The Morgan fingerprint density at radius 1 is 1.40 bits per heavy atom. The van der Waals surface area contributed by atoms with Crippen molar-refractivity contribution in [3.8, 4) is 0 Å². The molecule has 0 aliphatic heterocycles. The Hall–Kier alpha value is -1.81. The molecule has 0 aliphatic rings. The highest BCUT2D eigenvalue weighted by Crippen LogP contribution is 2.22. The minimum Gasteiger partial charge on any atom is -0.481 e. The van der Waals surface area contributed by atoms with Gasteiger partial charge >= 0.3 is 5.97 Å². The molecular formula is C11H10O4. The van der Waals surface area contributed by atoms with Gasteiger partial charge in [-0.05, 0) is 23.8 Å². The van der Waals surface area contributed by atoms with Crippen LogP contribution in [0.4, 0.5) is 0 Å². The van der Waals surface area contributed by atoms with E-state index in [4.69, 9.17) is 9.52 Å². The SMILES string of the molecule is O=C(O)C[C@@H](O)c1ccc2occc2c1. The van der Waals surface area contributed by atoms with Crippen LogP contribution in [-0.2, 0) is 4.79 Å². The largest absolute Gasteiger partial charge is 0.481 e. The first-order valence-corrected chi connectivity index (χ1v) is 4.54. The molecule has 0 amide bonds. The van der Waals surface area contributed by atoms with Gasteiger partial charge in [-0.3, -0.25) is 4.79 Å². The summed E-state index contributed by atoms with van der Waals surface area (Å²) in [5, 5.41) is 19.0. The second-order valence-corrected chi connectivity index (χ2v) is 3.33. The van der Waals surface area contributed by atoms with Gasteiger partial charge in [0.1, 0.15) is 5.58 Å². The molecule has 0 spiro atoms. The maximum atomic E-state index is 10.4. The molecule has 2 N–H and O–H groups in total. The fourth-order valence-electron chi connectivity index (χ4n) is 1.48. The van der Waals surface area contributed by atoms with Crippen LogP contribution in [0.5, 0.6) is 0 Å². The average Bonchev–Trinajstić information content (AvgIpc) is 2.62. The highest BCUT2D eigenvalue weighted by atomic mass is 16.4. The normalized spacial score (nSPS) is 12.9. The van der Waals surface area contributed by atoms with E-state index in [9.17, 15) is 9.90 Å². The van der Waals surface area contributed by atoms with Crippen LogP contribution >= 0.6 is 0 Å². The Kier molecular flexibility index (Phi) is 2.43. The number of hydrogen-bond donors (Lipinski definition) is 2. The molecule has 0 saturated heterocycles. The molecule has 0 aliphatic carbocycles. The van der Waals surface area contributed by atoms with E-state index in [2.05, 4.69) is 0 Å². The minimum absolute atomic E-state index is 0.288. The van der Waals surface area contributed by atoms with Crippen LogP contribution < -0.4 is 0 Å². The van der Waals surface area contributed by atoms with E-state index in [1.165, 1.54) is 0 Å².